The van der Waals surface area contributed by atoms with E-state index >= 15 is 0 Å². The zero-order valence-corrected chi connectivity index (χ0v) is 12.7. The third-order valence-corrected chi connectivity index (χ3v) is 3.16. The molecule has 0 aliphatic carbocycles. The van der Waals surface area contributed by atoms with Crippen LogP contribution in [0.2, 0.25) is 0 Å². The van der Waals surface area contributed by atoms with E-state index < -0.39 is 5.97 Å². The number of aromatic nitrogens is 1. The van der Waals surface area contributed by atoms with Crippen molar-refractivity contribution in [3.05, 3.63) is 59.4 Å². The minimum absolute atomic E-state index is 0.212. The number of carboxylic acid groups (broad SMARTS) is 1. The Morgan fingerprint density at radius 2 is 2.14 bits per heavy atom. The second-order valence-corrected chi connectivity index (χ2v) is 4.95. The Balaban J connectivity index is 2.36. The van der Waals surface area contributed by atoms with Crippen LogP contribution in [-0.2, 0) is 4.79 Å². The summed E-state index contributed by atoms with van der Waals surface area (Å²) in [5.74, 6) is -0.194. The Morgan fingerprint density at radius 1 is 1.32 bits per heavy atom. The van der Waals surface area contributed by atoms with Gasteiger partial charge in [-0.1, -0.05) is 19.1 Å². The average molecular weight is 297 g/mol. The molecule has 0 aliphatic rings. The van der Waals surface area contributed by atoms with Crippen molar-refractivity contribution in [2.75, 3.05) is 6.61 Å². The third kappa shape index (κ3) is 3.95. The van der Waals surface area contributed by atoms with Crippen molar-refractivity contribution < 1.29 is 14.6 Å². The molecule has 0 fully saturated rings. The fourth-order valence-corrected chi connectivity index (χ4v) is 2.07. The summed E-state index contributed by atoms with van der Waals surface area (Å²) in [7, 11) is 0. The summed E-state index contributed by atoms with van der Waals surface area (Å²) in [6, 6.07) is 10.8. The second-order valence-electron chi connectivity index (χ2n) is 4.95. The van der Waals surface area contributed by atoms with E-state index in [4.69, 9.17) is 4.74 Å². The van der Waals surface area contributed by atoms with Crippen LogP contribution in [-0.4, -0.2) is 22.7 Å². The topological polar surface area (TPSA) is 59.4 Å². The van der Waals surface area contributed by atoms with E-state index in [0.717, 1.165) is 17.7 Å². The molecule has 0 spiro atoms. The normalized spacial score (nSPS) is 11.3. The molecule has 0 atom stereocenters. The highest BCUT2D eigenvalue weighted by molar-refractivity contribution is 6.20. The highest BCUT2D eigenvalue weighted by Crippen LogP contribution is 2.25. The van der Waals surface area contributed by atoms with Crippen LogP contribution < -0.4 is 4.74 Å². The Kier molecular flexibility index (Phi) is 5.31. The molecule has 2 aromatic rings. The van der Waals surface area contributed by atoms with Crippen LogP contribution in [0, 0.1) is 6.92 Å². The maximum atomic E-state index is 11.5. The smallest absolute Gasteiger partial charge is 0.336 e. The minimum Gasteiger partial charge on any atom is -0.493 e. The van der Waals surface area contributed by atoms with E-state index in [1.165, 1.54) is 0 Å². The van der Waals surface area contributed by atoms with Gasteiger partial charge in [-0.05, 0) is 54.8 Å². The van der Waals surface area contributed by atoms with Gasteiger partial charge in [0.05, 0.1) is 17.9 Å². The number of aliphatic carboxylic acids is 1. The van der Waals surface area contributed by atoms with Crippen molar-refractivity contribution in [2.45, 2.75) is 20.3 Å². The Bertz CT molecular complexity index is 678. The molecule has 0 aliphatic heterocycles. The van der Waals surface area contributed by atoms with Gasteiger partial charge in [0.1, 0.15) is 5.75 Å². The molecule has 1 aromatic heterocycles. The van der Waals surface area contributed by atoms with Gasteiger partial charge in [0.2, 0.25) is 0 Å². The molecule has 0 unspecified atom stereocenters. The second kappa shape index (κ2) is 7.41. The maximum absolute atomic E-state index is 11.5. The lowest BCUT2D eigenvalue weighted by Gasteiger charge is -2.10. The highest BCUT2D eigenvalue weighted by Gasteiger charge is 2.12. The van der Waals surface area contributed by atoms with Gasteiger partial charge < -0.3 is 9.84 Å². The molecule has 4 heteroatoms. The Labute approximate surface area is 130 Å². The summed E-state index contributed by atoms with van der Waals surface area (Å²) in [4.78, 5) is 15.7. The first-order valence-corrected chi connectivity index (χ1v) is 7.21. The zero-order chi connectivity index (χ0) is 15.9. The number of carboxylic acids is 1. The van der Waals surface area contributed by atoms with E-state index in [9.17, 15) is 9.90 Å². The highest BCUT2D eigenvalue weighted by atomic mass is 16.5. The molecule has 2 rings (SSSR count). The number of hydrogen-bond acceptors (Lipinski definition) is 3. The fraction of sp³-hybridized carbons (Fsp3) is 0.222. The van der Waals surface area contributed by atoms with E-state index in [-0.39, 0.29) is 5.57 Å². The first kappa shape index (κ1) is 15.8. The van der Waals surface area contributed by atoms with Crippen molar-refractivity contribution in [2.24, 2.45) is 0 Å². The molecule has 0 saturated carbocycles. The van der Waals surface area contributed by atoms with Gasteiger partial charge >= 0.3 is 5.97 Å². The Morgan fingerprint density at radius 3 is 2.73 bits per heavy atom. The summed E-state index contributed by atoms with van der Waals surface area (Å²) in [6.45, 7) is 4.60. The molecule has 0 amide bonds. The predicted molar refractivity (Wildman–Crippen MR) is 86.7 cm³/mol. The lowest BCUT2D eigenvalue weighted by Crippen LogP contribution is -2.02. The minimum atomic E-state index is -0.979. The fourth-order valence-electron chi connectivity index (χ4n) is 2.07. The van der Waals surface area contributed by atoms with Crippen molar-refractivity contribution in [1.82, 2.24) is 4.98 Å². The molecule has 1 heterocycles. The molecule has 1 aromatic carbocycles. The van der Waals surface area contributed by atoms with Gasteiger partial charge in [-0.25, -0.2) is 4.79 Å². The number of benzene rings is 1. The SMILES string of the molecule is CCCOc1ccc(/C(=C/c2ccccn2)C(=O)O)cc1C. The van der Waals surface area contributed by atoms with Crippen LogP contribution >= 0.6 is 0 Å². The van der Waals surface area contributed by atoms with Crippen molar-refractivity contribution in [1.29, 1.82) is 0 Å². The zero-order valence-electron chi connectivity index (χ0n) is 12.7. The summed E-state index contributed by atoms with van der Waals surface area (Å²) in [5.41, 5.74) is 2.38. The number of nitrogens with zero attached hydrogens (tertiary/aromatic N) is 1. The van der Waals surface area contributed by atoms with Crippen LogP contribution in [0.25, 0.3) is 11.6 Å². The molecule has 114 valence electrons. The number of pyridine rings is 1. The number of hydrogen-bond donors (Lipinski definition) is 1. The van der Waals surface area contributed by atoms with Gasteiger partial charge in [0.15, 0.2) is 0 Å². The lowest BCUT2D eigenvalue weighted by molar-refractivity contribution is -0.130. The van der Waals surface area contributed by atoms with E-state index in [2.05, 4.69) is 4.98 Å². The lowest BCUT2D eigenvalue weighted by atomic mass is 10.0. The van der Waals surface area contributed by atoms with E-state index in [1.807, 2.05) is 32.0 Å². The molecule has 0 radical (unpaired) electrons. The molecule has 22 heavy (non-hydrogen) atoms. The number of aryl methyl sites for hydroxylation is 1. The number of ether oxygens (including phenoxy) is 1. The summed E-state index contributed by atoms with van der Waals surface area (Å²) in [6.07, 6.45) is 4.14. The standard InChI is InChI=1S/C18H19NO3/c1-3-10-22-17-8-7-14(11-13(17)2)16(18(20)21)12-15-6-4-5-9-19-15/h4-9,11-12H,3,10H2,1-2H3,(H,20,21)/b16-12-. The molecule has 0 bridgehead atoms. The summed E-state index contributed by atoms with van der Waals surface area (Å²) < 4.78 is 5.62. The van der Waals surface area contributed by atoms with Gasteiger partial charge in [0.25, 0.3) is 0 Å². The van der Waals surface area contributed by atoms with Crippen molar-refractivity contribution in [3.8, 4) is 5.75 Å². The average Bonchev–Trinajstić information content (AvgIpc) is 2.52. The first-order valence-electron chi connectivity index (χ1n) is 7.21. The van der Waals surface area contributed by atoms with Crippen LogP contribution in [0.15, 0.2) is 42.6 Å². The molecular weight excluding hydrogens is 278 g/mol. The molecule has 0 saturated heterocycles. The third-order valence-electron chi connectivity index (χ3n) is 3.16. The quantitative estimate of drug-likeness (QED) is 0.824. The van der Waals surface area contributed by atoms with Crippen LogP contribution in [0.3, 0.4) is 0 Å². The molecule has 1 N–H and O–H groups in total. The number of carbonyl (C=O) groups is 1. The predicted octanol–water partition coefficient (Wildman–Crippen LogP) is 3.80. The number of rotatable bonds is 6. The van der Waals surface area contributed by atoms with Gasteiger partial charge in [-0.3, -0.25) is 4.98 Å². The molecular formula is C18H19NO3. The maximum Gasteiger partial charge on any atom is 0.336 e. The van der Waals surface area contributed by atoms with Crippen LogP contribution in [0.1, 0.15) is 30.2 Å². The van der Waals surface area contributed by atoms with Gasteiger partial charge in [-0.2, -0.15) is 0 Å². The van der Waals surface area contributed by atoms with Gasteiger partial charge in [-0.15, -0.1) is 0 Å². The summed E-state index contributed by atoms with van der Waals surface area (Å²) in [5, 5.41) is 9.46. The Hall–Kier alpha value is -2.62. The van der Waals surface area contributed by atoms with Crippen molar-refractivity contribution >= 4 is 17.6 Å². The largest absolute Gasteiger partial charge is 0.493 e. The van der Waals surface area contributed by atoms with E-state index in [0.29, 0.717) is 17.9 Å². The van der Waals surface area contributed by atoms with Crippen LogP contribution in [0.5, 0.6) is 5.75 Å². The van der Waals surface area contributed by atoms with Gasteiger partial charge in [0, 0.05) is 6.20 Å². The summed E-state index contributed by atoms with van der Waals surface area (Å²) >= 11 is 0. The van der Waals surface area contributed by atoms with E-state index in [1.54, 1.807) is 30.5 Å². The van der Waals surface area contributed by atoms with Crippen molar-refractivity contribution in [3.63, 3.8) is 0 Å². The monoisotopic (exact) mass is 297 g/mol. The van der Waals surface area contributed by atoms with Crippen LogP contribution in [0.4, 0.5) is 0 Å². The molecule has 4 nitrogen and oxygen atoms in total. The first-order chi connectivity index (χ1) is 10.6.